The van der Waals surface area contributed by atoms with Crippen LogP contribution in [0.1, 0.15) is 43.5 Å². The highest BCUT2D eigenvalue weighted by Gasteiger charge is 2.26. The van der Waals surface area contributed by atoms with Crippen LogP contribution in [0.15, 0.2) is 18.2 Å². The summed E-state index contributed by atoms with van der Waals surface area (Å²) in [5.41, 5.74) is -0.199. The van der Waals surface area contributed by atoms with Crippen molar-refractivity contribution in [2.45, 2.75) is 33.1 Å². The molecule has 0 radical (unpaired) electrons. The van der Waals surface area contributed by atoms with Crippen molar-refractivity contribution in [2.24, 2.45) is 11.8 Å². The van der Waals surface area contributed by atoms with E-state index in [1.54, 1.807) is 4.90 Å². The van der Waals surface area contributed by atoms with E-state index in [0.717, 1.165) is 19.3 Å². The quantitative estimate of drug-likeness (QED) is 0.901. The first-order valence-corrected chi connectivity index (χ1v) is 7.27. The van der Waals surface area contributed by atoms with Gasteiger partial charge in [0.1, 0.15) is 17.1 Å². The number of amides is 1. The fourth-order valence-electron chi connectivity index (χ4n) is 2.87. The van der Waals surface area contributed by atoms with Gasteiger partial charge in [-0.25, -0.2) is 4.39 Å². The Morgan fingerprint density at radius 1 is 1.35 bits per heavy atom. The highest BCUT2D eigenvalue weighted by Crippen LogP contribution is 2.27. The van der Waals surface area contributed by atoms with Crippen LogP contribution in [-0.4, -0.2) is 29.0 Å². The molecule has 4 heteroatoms. The third-order valence-corrected chi connectivity index (χ3v) is 4.21. The molecule has 1 N–H and O–H groups in total. The molecule has 0 saturated carbocycles. The van der Waals surface area contributed by atoms with Gasteiger partial charge in [0.15, 0.2) is 0 Å². The zero-order valence-electron chi connectivity index (χ0n) is 12.1. The smallest absolute Gasteiger partial charge is 0.260 e. The first-order chi connectivity index (χ1) is 9.50. The molecule has 1 aliphatic heterocycles. The largest absolute Gasteiger partial charge is 0.507 e. The molecule has 1 atom stereocenters. The van der Waals surface area contributed by atoms with Crippen LogP contribution in [0.3, 0.4) is 0 Å². The second kappa shape index (κ2) is 6.25. The lowest BCUT2D eigenvalue weighted by Gasteiger charge is -2.22. The number of nitrogens with zero attached hydrogens (tertiary/aromatic N) is 1. The maximum absolute atomic E-state index is 13.8. The van der Waals surface area contributed by atoms with Crippen molar-refractivity contribution in [1.29, 1.82) is 0 Å². The fraction of sp³-hybridized carbons (Fsp3) is 0.562. The lowest BCUT2D eigenvalue weighted by molar-refractivity contribution is 0.0751. The second-order valence-electron chi connectivity index (χ2n) is 5.86. The monoisotopic (exact) mass is 279 g/mol. The van der Waals surface area contributed by atoms with Crippen molar-refractivity contribution < 1.29 is 14.3 Å². The molecule has 1 aliphatic rings. The molecule has 2 rings (SSSR count). The molecule has 1 aromatic carbocycles. The van der Waals surface area contributed by atoms with Gasteiger partial charge in [-0.15, -0.1) is 0 Å². The minimum atomic E-state index is -0.653. The summed E-state index contributed by atoms with van der Waals surface area (Å²) in [6.45, 7) is 5.67. The average Bonchev–Trinajstić information content (AvgIpc) is 2.64. The Balaban J connectivity index is 2.14. The molecule has 0 spiro atoms. The highest BCUT2D eigenvalue weighted by atomic mass is 19.1. The molecule has 20 heavy (non-hydrogen) atoms. The van der Waals surface area contributed by atoms with Gasteiger partial charge in [0.05, 0.1) is 0 Å². The third-order valence-electron chi connectivity index (χ3n) is 4.21. The molecule has 1 heterocycles. The Bertz CT molecular complexity index is 467. The van der Waals surface area contributed by atoms with Gasteiger partial charge in [0, 0.05) is 13.1 Å². The van der Waals surface area contributed by atoms with E-state index in [0.29, 0.717) is 24.9 Å². The number of phenols is 1. The molecule has 0 aromatic heterocycles. The Labute approximate surface area is 119 Å². The molecule has 1 unspecified atom stereocenters. The molecule has 0 bridgehead atoms. The van der Waals surface area contributed by atoms with Gasteiger partial charge in [-0.2, -0.15) is 0 Å². The summed E-state index contributed by atoms with van der Waals surface area (Å²) in [6, 6.07) is 3.96. The number of carbonyl (C=O) groups is 1. The van der Waals surface area contributed by atoms with E-state index in [4.69, 9.17) is 0 Å². The number of carbonyl (C=O) groups excluding carboxylic acids is 1. The Hall–Kier alpha value is -1.58. The number of aromatic hydroxyl groups is 1. The number of phenolic OH excluding ortho intramolecular Hbond substituents is 1. The molecule has 110 valence electrons. The van der Waals surface area contributed by atoms with Crippen LogP contribution in [0.4, 0.5) is 4.39 Å². The zero-order valence-corrected chi connectivity index (χ0v) is 12.1. The summed E-state index contributed by atoms with van der Waals surface area (Å²) in [7, 11) is 0. The lowest BCUT2D eigenvalue weighted by Crippen LogP contribution is -2.32. The summed E-state index contributed by atoms with van der Waals surface area (Å²) in [4.78, 5) is 14.1. The molecular formula is C16H22FNO2. The van der Waals surface area contributed by atoms with E-state index in [-0.39, 0.29) is 11.3 Å². The van der Waals surface area contributed by atoms with Crippen LogP contribution in [-0.2, 0) is 0 Å². The van der Waals surface area contributed by atoms with Crippen molar-refractivity contribution in [1.82, 2.24) is 4.90 Å². The number of halogens is 1. The maximum atomic E-state index is 13.8. The summed E-state index contributed by atoms with van der Waals surface area (Å²) >= 11 is 0. The third kappa shape index (κ3) is 3.11. The molecule has 1 amide bonds. The van der Waals surface area contributed by atoms with Gasteiger partial charge in [-0.3, -0.25) is 4.79 Å². The van der Waals surface area contributed by atoms with Crippen LogP contribution < -0.4 is 0 Å². The van der Waals surface area contributed by atoms with Crippen LogP contribution in [0.25, 0.3) is 0 Å². The van der Waals surface area contributed by atoms with Crippen molar-refractivity contribution in [3.05, 3.63) is 29.6 Å². The molecular weight excluding hydrogens is 257 g/mol. The number of benzene rings is 1. The van der Waals surface area contributed by atoms with Crippen molar-refractivity contribution in [2.75, 3.05) is 13.1 Å². The average molecular weight is 279 g/mol. The number of rotatable bonds is 2. The SMILES string of the molecule is CC(C)C1CCCN(C(=O)c2c(O)cccc2F)CC1. The predicted molar refractivity (Wildman–Crippen MR) is 76.1 cm³/mol. The summed E-state index contributed by atoms with van der Waals surface area (Å²) in [6.07, 6.45) is 2.98. The minimum Gasteiger partial charge on any atom is -0.507 e. The molecule has 1 aromatic rings. The molecule has 3 nitrogen and oxygen atoms in total. The van der Waals surface area contributed by atoms with E-state index < -0.39 is 11.7 Å². The molecule has 1 fully saturated rings. The Morgan fingerprint density at radius 3 is 2.75 bits per heavy atom. The van der Waals surface area contributed by atoms with E-state index in [1.165, 1.54) is 18.2 Å². The van der Waals surface area contributed by atoms with Crippen molar-refractivity contribution >= 4 is 5.91 Å². The van der Waals surface area contributed by atoms with Gasteiger partial charge in [-0.1, -0.05) is 19.9 Å². The first-order valence-electron chi connectivity index (χ1n) is 7.27. The Kier molecular flexibility index (Phi) is 4.63. The number of likely N-dealkylation sites (tertiary alicyclic amines) is 1. The fourth-order valence-corrected chi connectivity index (χ4v) is 2.87. The number of hydrogen-bond acceptors (Lipinski definition) is 2. The summed E-state index contributed by atoms with van der Waals surface area (Å²) in [5.74, 6) is -0.113. The van der Waals surface area contributed by atoms with Crippen LogP contribution >= 0.6 is 0 Å². The normalized spacial score (nSPS) is 20.0. The topological polar surface area (TPSA) is 40.5 Å². The van der Waals surface area contributed by atoms with Crippen molar-refractivity contribution in [3.63, 3.8) is 0 Å². The van der Waals surface area contributed by atoms with E-state index in [9.17, 15) is 14.3 Å². The Morgan fingerprint density at radius 2 is 2.10 bits per heavy atom. The predicted octanol–water partition coefficient (Wildman–Crippen LogP) is 3.43. The molecule has 1 saturated heterocycles. The standard InChI is InChI=1S/C16H22FNO2/c1-11(2)12-5-4-9-18(10-8-12)16(20)15-13(17)6-3-7-14(15)19/h3,6-7,11-12,19H,4-5,8-10H2,1-2H3. The second-order valence-corrected chi connectivity index (χ2v) is 5.86. The molecule has 0 aliphatic carbocycles. The van der Waals surface area contributed by atoms with Crippen LogP contribution in [0, 0.1) is 17.7 Å². The van der Waals surface area contributed by atoms with Crippen LogP contribution in [0.2, 0.25) is 0 Å². The van der Waals surface area contributed by atoms with Gasteiger partial charge >= 0.3 is 0 Å². The minimum absolute atomic E-state index is 0.199. The number of hydrogen-bond donors (Lipinski definition) is 1. The van der Waals surface area contributed by atoms with Gasteiger partial charge in [0.25, 0.3) is 5.91 Å². The lowest BCUT2D eigenvalue weighted by atomic mass is 9.89. The van der Waals surface area contributed by atoms with E-state index >= 15 is 0 Å². The maximum Gasteiger partial charge on any atom is 0.260 e. The van der Waals surface area contributed by atoms with Crippen LogP contribution in [0.5, 0.6) is 5.75 Å². The van der Waals surface area contributed by atoms with Gasteiger partial charge in [0.2, 0.25) is 0 Å². The zero-order chi connectivity index (χ0) is 14.7. The summed E-state index contributed by atoms with van der Waals surface area (Å²) < 4.78 is 13.8. The summed E-state index contributed by atoms with van der Waals surface area (Å²) in [5, 5.41) is 9.72. The van der Waals surface area contributed by atoms with E-state index in [2.05, 4.69) is 13.8 Å². The van der Waals surface area contributed by atoms with E-state index in [1.807, 2.05) is 0 Å². The van der Waals surface area contributed by atoms with Gasteiger partial charge < -0.3 is 10.0 Å². The van der Waals surface area contributed by atoms with Crippen molar-refractivity contribution in [3.8, 4) is 5.75 Å². The van der Waals surface area contributed by atoms with Gasteiger partial charge in [-0.05, 0) is 43.2 Å². The first kappa shape index (κ1) is 14.8. The highest BCUT2D eigenvalue weighted by molar-refractivity contribution is 5.97.